The Labute approximate surface area is 117 Å². The van der Waals surface area contributed by atoms with Crippen LogP contribution in [0.25, 0.3) is 10.8 Å². The average Bonchev–Trinajstić information content (AvgIpc) is 2.53. The molecule has 3 heteroatoms. The first kappa shape index (κ1) is 12.2. The fourth-order valence-corrected chi connectivity index (χ4v) is 1.96. The summed E-state index contributed by atoms with van der Waals surface area (Å²) >= 11 is 0. The van der Waals surface area contributed by atoms with E-state index in [1.165, 1.54) is 0 Å². The van der Waals surface area contributed by atoms with E-state index >= 15 is 0 Å². The summed E-state index contributed by atoms with van der Waals surface area (Å²) < 4.78 is 5.22. The summed E-state index contributed by atoms with van der Waals surface area (Å²) in [6, 6.07) is 9.66. The number of aromatic nitrogens is 2. The van der Waals surface area contributed by atoms with E-state index in [2.05, 4.69) is 21.8 Å². The lowest BCUT2D eigenvalue weighted by atomic mass is 10.1. The van der Waals surface area contributed by atoms with Gasteiger partial charge < -0.3 is 4.74 Å². The number of fused-ring (bicyclic) bond motifs is 1. The highest BCUT2D eigenvalue weighted by Crippen LogP contribution is 2.22. The van der Waals surface area contributed by atoms with Crippen molar-refractivity contribution in [3.8, 4) is 17.6 Å². The topological polar surface area (TPSA) is 35.0 Å². The van der Waals surface area contributed by atoms with Crippen LogP contribution in [0.1, 0.15) is 11.1 Å². The minimum Gasteiger partial charge on any atom is -0.497 e. The van der Waals surface area contributed by atoms with Crippen LogP contribution >= 0.6 is 0 Å². The second kappa shape index (κ2) is 5.41. The molecular formula is C17H12N2O. The Hall–Kier alpha value is -2.86. The fourth-order valence-electron chi connectivity index (χ4n) is 1.96. The molecule has 0 amide bonds. The number of pyridine rings is 2. The lowest BCUT2D eigenvalue weighted by molar-refractivity contribution is 0.415. The molecule has 2 aromatic heterocycles. The van der Waals surface area contributed by atoms with Gasteiger partial charge in [-0.05, 0) is 30.3 Å². The van der Waals surface area contributed by atoms with Crippen LogP contribution in [0.4, 0.5) is 0 Å². The van der Waals surface area contributed by atoms with Gasteiger partial charge in [-0.2, -0.15) is 0 Å². The van der Waals surface area contributed by atoms with Gasteiger partial charge in [0.15, 0.2) is 0 Å². The van der Waals surface area contributed by atoms with E-state index in [9.17, 15) is 0 Å². The van der Waals surface area contributed by atoms with Gasteiger partial charge in [-0.15, -0.1) is 0 Å². The van der Waals surface area contributed by atoms with Crippen molar-refractivity contribution in [3.05, 3.63) is 66.2 Å². The SMILES string of the molecule is COc1ccc2c(C#Cc3ccncc3)cncc2c1. The Bertz CT molecular complexity index is 801. The molecule has 0 aliphatic heterocycles. The highest BCUT2D eigenvalue weighted by Gasteiger charge is 2.00. The number of ether oxygens (including phenoxy) is 1. The highest BCUT2D eigenvalue weighted by atomic mass is 16.5. The molecule has 3 aromatic rings. The molecule has 2 heterocycles. The van der Waals surface area contributed by atoms with E-state index in [1.54, 1.807) is 25.7 Å². The maximum Gasteiger partial charge on any atom is 0.119 e. The molecule has 0 saturated carbocycles. The predicted octanol–water partition coefficient (Wildman–Crippen LogP) is 3.04. The Kier molecular flexibility index (Phi) is 3.30. The standard InChI is InChI=1S/C17H12N2O/c1-20-16-4-5-17-14(11-19-12-15(17)10-16)3-2-13-6-8-18-9-7-13/h4-12H,1H3. The van der Waals surface area contributed by atoms with Gasteiger partial charge in [0.1, 0.15) is 5.75 Å². The molecule has 0 unspecified atom stereocenters. The third-order valence-electron chi connectivity index (χ3n) is 2.99. The Morgan fingerprint density at radius 1 is 0.950 bits per heavy atom. The lowest BCUT2D eigenvalue weighted by Crippen LogP contribution is -1.86. The van der Waals surface area contributed by atoms with E-state index in [4.69, 9.17) is 4.74 Å². The predicted molar refractivity (Wildman–Crippen MR) is 78.5 cm³/mol. The first-order chi connectivity index (χ1) is 9.86. The maximum absolute atomic E-state index is 5.22. The molecule has 0 saturated heterocycles. The van der Waals surface area contributed by atoms with Gasteiger partial charge in [0, 0.05) is 41.1 Å². The molecule has 0 N–H and O–H groups in total. The van der Waals surface area contributed by atoms with Gasteiger partial charge in [-0.25, -0.2) is 0 Å². The van der Waals surface area contributed by atoms with Gasteiger partial charge in [-0.3, -0.25) is 9.97 Å². The number of nitrogens with zero attached hydrogens (tertiary/aromatic N) is 2. The van der Waals surface area contributed by atoms with Crippen LogP contribution in [0, 0.1) is 11.8 Å². The maximum atomic E-state index is 5.22. The molecule has 20 heavy (non-hydrogen) atoms. The third kappa shape index (κ3) is 2.45. The second-order valence-electron chi connectivity index (χ2n) is 4.26. The normalized spacial score (nSPS) is 9.85. The van der Waals surface area contributed by atoms with Crippen LogP contribution in [0.5, 0.6) is 5.75 Å². The van der Waals surface area contributed by atoms with Crippen LogP contribution in [-0.2, 0) is 0 Å². The van der Waals surface area contributed by atoms with Crippen LogP contribution < -0.4 is 4.74 Å². The molecule has 3 nitrogen and oxygen atoms in total. The van der Waals surface area contributed by atoms with Crippen molar-refractivity contribution >= 4 is 10.8 Å². The largest absolute Gasteiger partial charge is 0.497 e. The molecule has 0 aliphatic carbocycles. The molecular weight excluding hydrogens is 248 g/mol. The Morgan fingerprint density at radius 2 is 1.80 bits per heavy atom. The quantitative estimate of drug-likeness (QED) is 0.631. The smallest absolute Gasteiger partial charge is 0.119 e. The van der Waals surface area contributed by atoms with Gasteiger partial charge in [0.05, 0.1) is 12.7 Å². The van der Waals surface area contributed by atoms with Crippen molar-refractivity contribution < 1.29 is 4.74 Å². The summed E-state index contributed by atoms with van der Waals surface area (Å²) in [5.74, 6) is 7.10. The number of rotatable bonds is 1. The molecule has 0 spiro atoms. The van der Waals surface area contributed by atoms with Gasteiger partial charge in [0.2, 0.25) is 0 Å². The molecule has 0 bridgehead atoms. The van der Waals surface area contributed by atoms with Crippen molar-refractivity contribution in [2.75, 3.05) is 7.11 Å². The van der Waals surface area contributed by atoms with Gasteiger partial charge in [0.25, 0.3) is 0 Å². The second-order valence-corrected chi connectivity index (χ2v) is 4.26. The zero-order chi connectivity index (χ0) is 13.8. The van der Waals surface area contributed by atoms with Crippen LogP contribution in [-0.4, -0.2) is 17.1 Å². The summed E-state index contributed by atoms with van der Waals surface area (Å²) in [5, 5.41) is 2.09. The average molecular weight is 260 g/mol. The molecule has 0 atom stereocenters. The molecule has 0 fully saturated rings. The van der Waals surface area contributed by atoms with Crippen molar-refractivity contribution in [1.29, 1.82) is 0 Å². The molecule has 96 valence electrons. The van der Waals surface area contributed by atoms with Crippen LogP contribution in [0.15, 0.2) is 55.1 Å². The highest BCUT2D eigenvalue weighted by molar-refractivity contribution is 5.88. The molecule has 0 aliphatic rings. The molecule has 1 aromatic carbocycles. The van der Waals surface area contributed by atoms with Crippen molar-refractivity contribution in [1.82, 2.24) is 9.97 Å². The Morgan fingerprint density at radius 3 is 2.60 bits per heavy atom. The summed E-state index contributed by atoms with van der Waals surface area (Å²) in [6.45, 7) is 0. The van der Waals surface area contributed by atoms with E-state index < -0.39 is 0 Å². The number of benzene rings is 1. The fraction of sp³-hybridized carbons (Fsp3) is 0.0588. The summed E-state index contributed by atoms with van der Waals surface area (Å²) in [5.41, 5.74) is 1.84. The first-order valence-corrected chi connectivity index (χ1v) is 6.20. The van der Waals surface area contributed by atoms with Gasteiger partial charge in [-0.1, -0.05) is 11.8 Å². The monoisotopic (exact) mass is 260 g/mol. The molecule has 3 rings (SSSR count). The number of methoxy groups -OCH3 is 1. The van der Waals surface area contributed by atoms with E-state index in [-0.39, 0.29) is 0 Å². The van der Waals surface area contributed by atoms with E-state index in [0.29, 0.717) is 0 Å². The third-order valence-corrected chi connectivity index (χ3v) is 2.99. The minimum absolute atomic E-state index is 0.818. The van der Waals surface area contributed by atoms with Gasteiger partial charge >= 0.3 is 0 Å². The minimum atomic E-state index is 0.818. The van der Waals surface area contributed by atoms with Crippen LogP contribution in [0.2, 0.25) is 0 Å². The summed E-state index contributed by atoms with van der Waals surface area (Å²) in [4.78, 5) is 8.21. The van der Waals surface area contributed by atoms with Crippen LogP contribution in [0.3, 0.4) is 0 Å². The summed E-state index contributed by atoms with van der Waals surface area (Å²) in [6.07, 6.45) is 7.06. The zero-order valence-corrected chi connectivity index (χ0v) is 11.0. The van der Waals surface area contributed by atoms with Crippen molar-refractivity contribution in [3.63, 3.8) is 0 Å². The van der Waals surface area contributed by atoms with Crippen molar-refractivity contribution in [2.24, 2.45) is 0 Å². The Balaban J connectivity index is 2.07. The molecule has 0 radical (unpaired) electrons. The first-order valence-electron chi connectivity index (χ1n) is 6.20. The lowest BCUT2D eigenvalue weighted by Gasteiger charge is -2.03. The number of hydrogen-bond acceptors (Lipinski definition) is 3. The van der Waals surface area contributed by atoms with E-state index in [0.717, 1.165) is 27.6 Å². The zero-order valence-electron chi connectivity index (χ0n) is 11.0. The van der Waals surface area contributed by atoms with E-state index in [1.807, 2.05) is 36.5 Å². The number of hydrogen-bond donors (Lipinski definition) is 0. The van der Waals surface area contributed by atoms with Crippen molar-refractivity contribution in [2.45, 2.75) is 0 Å². The summed E-state index contributed by atoms with van der Waals surface area (Å²) in [7, 11) is 1.65.